The minimum atomic E-state index is -4.10. The molecule has 2 rings (SSSR count). The van der Waals surface area contributed by atoms with Crippen LogP contribution in [0.2, 0.25) is 5.02 Å². The molecule has 1 N–H and O–H groups in total. The van der Waals surface area contributed by atoms with Crippen molar-refractivity contribution in [1.82, 2.24) is 10.2 Å². The number of rotatable bonds is 11. The Balaban J connectivity index is 2.51. The third-order valence-corrected chi connectivity index (χ3v) is 6.56. The van der Waals surface area contributed by atoms with Gasteiger partial charge in [-0.2, -0.15) is 0 Å². The summed E-state index contributed by atoms with van der Waals surface area (Å²) in [6, 6.07) is 8.94. The first-order valence-corrected chi connectivity index (χ1v) is 13.1. The molecule has 196 valence electrons. The third-order valence-electron chi connectivity index (χ3n) is 5.19. The number of nitrogens with one attached hydrogen (secondary N) is 1. The van der Waals surface area contributed by atoms with E-state index in [4.69, 9.17) is 16.3 Å². The molecule has 11 nitrogen and oxygen atoms in total. The average molecular weight is 541 g/mol. The van der Waals surface area contributed by atoms with E-state index in [1.807, 2.05) is 0 Å². The van der Waals surface area contributed by atoms with Gasteiger partial charge in [0.15, 0.2) is 0 Å². The number of sulfonamides is 1. The summed E-state index contributed by atoms with van der Waals surface area (Å²) >= 11 is 5.95. The van der Waals surface area contributed by atoms with Crippen LogP contribution in [0.1, 0.15) is 26.3 Å². The van der Waals surface area contributed by atoms with E-state index in [2.05, 4.69) is 5.32 Å². The number of nitro benzene ring substituents is 1. The fraction of sp³-hybridized carbons (Fsp3) is 0.391. The van der Waals surface area contributed by atoms with Crippen LogP contribution in [0.5, 0.6) is 5.75 Å². The Labute approximate surface area is 215 Å². The SMILES string of the molecule is COc1ccc([N+](=O)[O-])cc1N(CC(=O)N(Cc1ccc(Cl)cc1)C(C)C(=O)NC(C)C)S(C)(=O)=O. The number of methoxy groups -OCH3 is 1. The summed E-state index contributed by atoms with van der Waals surface area (Å²) in [5.41, 5.74) is 0.110. The van der Waals surface area contributed by atoms with Crippen LogP contribution in [-0.4, -0.2) is 62.0 Å². The molecule has 0 spiro atoms. The molecule has 1 atom stereocenters. The molecule has 0 aliphatic rings. The summed E-state index contributed by atoms with van der Waals surface area (Å²) in [7, 11) is -2.82. The van der Waals surface area contributed by atoms with Gasteiger partial charge in [-0.25, -0.2) is 8.42 Å². The standard InChI is InChI=1S/C23H29ClN4O7S/c1-15(2)25-23(30)16(3)26(13-17-6-8-18(24)9-7-17)22(29)14-27(36(5,33)34)20-12-19(28(31)32)10-11-21(20)35-4/h6-12,15-16H,13-14H2,1-5H3,(H,25,30). The zero-order valence-electron chi connectivity index (χ0n) is 20.6. The van der Waals surface area contributed by atoms with Gasteiger partial charge in [0, 0.05) is 29.7 Å². The lowest BCUT2D eigenvalue weighted by Crippen LogP contribution is -2.52. The third kappa shape index (κ3) is 7.56. The summed E-state index contributed by atoms with van der Waals surface area (Å²) in [6.07, 6.45) is 0.872. The number of non-ortho nitro benzene ring substituents is 1. The van der Waals surface area contributed by atoms with E-state index in [-0.39, 0.29) is 29.7 Å². The predicted molar refractivity (Wildman–Crippen MR) is 137 cm³/mol. The van der Waals surface area contributed by atoms with E-state index in [1.54, 1.807) is 38.1 Å². The van der Waals surface area contributed by atoms with E-state index < -0.39 is 39.3 Å². The van der Waals surface area contributed by atoms with Crippen molar-refractivity contribution in [3.63, 3.8) is 0 Å². The highest BCUT2D eigenvalue weighted by Crippen LogP contribution is 2.33. The fourth-order valence-electron chi connectivity index (χ4n) is 3.36. The number of carbonyl (C=O) groups excluding carboxylic acids is 2. The molecule has 0 radical (unpaired) electrons. The molecular formula is C23H29ClN4O7S. The Morgan fingerprint density at radius 2 is 1.75 bits per heavy atom. The molecule has 2 amide bonds. The zero-order chi connectivity index (χ0) is 27.2. The van der Waals surface area contributed by atoms with Crippen molar-refractivity contribution in [1.29, 1.82) is 0 Å². The van der Waals surface area contributed by atoms with Crippen LogP contribution in [-0.2, 0) is 26.2 Å². The van der Waals surface area contributed by atoms with E-state index in [0.29, 0.717) is 10.6 Å². The van der Waals surface area contributed by atoms with Crippen LogP contribution in [0.3, 0.4) is 0 Å². The van der Waals surface area contributed by atoms with Crippen molar-refractivity contribution in [3.05, 3.63) is 63.2 Å². The van der Waals surface area contributed by atoms with Crippen molar-refractivity contribution < 1.29 is 27.7 Å². The summed E-state index contributed by atoms with van der Waals surface area (Å²) in [6.45, 7) is 4.35. The van der Waals surface area contributed by atoms with Gasteiger partial charge in [0.05, 0.1) is 18.3 Å². The molecule has 0 saturated heterocycles. The molecule has 0 saturated carbocycles. The maximum absolute atomic E-state index is 13.5. The lowest BCUT2D eigenvalue weighted by atomic mass is 10.1. The minimum absolute atomic E-state index is 0.00758. The second kappa shape index (κ2) is 12.0. The average Bonchev–Trinajstić information content (AvgIpc) is 2.79. The molecule has 1 unspecified atom stereocenters. The van der Waals surface area contributed by atoms with Crippen LogP contribution in [0.25, 0.3) is 0 Å². The summed E-state index contributed by atoms with van der Waals surface area (Å²) < 4.78 is 31.4. The Bertz CT molecular complexity index is 1220. The number of ether oxygens (including phenoxy) is 1. The monoisotopic (exact) mass is 540 g/mol. The van der Waals surface area contributed by atoms with Crippen LogP contribution >= 0.6 is 11.6 Å². The predicted octanol–water partition coefficient (Wildman–Crippen LogP) is 2.96. The minimum Gasteiger partial charge on any atom is -0.495 e. The van der Waals surface area contributed by atoms with Crippen molar-refractivity contribution in [2.75, 3.05) is 24.2 Å². The first-order chi connectivity index (χ1) is 16.7. The van der Waals surface area contributed by atoms with Crippen molar-refractivity contribution in [3.8, 4) is 5.75 Å². The smallest absolute Gasteiger partial charge is 0.271 e. The van der Waals surface area contributed by atoms with Crippen LogP contribution in [0.4, 0.5) is 11.4 Å². The normalized spacial score (nSPS) is 12.1. The number of carbonyl (C=O) groups is 2. The van der Waals surface area contributed by atoms with Gasteiger partial charge >= 0.3 is 0 Å². The Kier molecular flexibility index (Phi) is 9.65. The maximum atomic E-state index is 13.5. The fourth-order valence-corrected chi connectivity index (χ4v) is 4.33. The van der Waals surface area contributed by atoms with Gasteiger partial charge in [-0.15, -0.1) is 0 Å². The lowest BCUT2D eigenvalue weighted by molar-refractivity contribution is -0.384. The number of amides is 2. The molecule has 0 aromatic heterocycles. The van der Waals surface area contributed by atoms with Crippen molar-refractivity contribution in [2.24, 2.45) is 0 Å². The molecule has 0 fully saturated rings. The number of nitro groups is 1. The van der Waals surface area contributed by atoms with Gasteiger partial charge in [-0.3, -0.25) is 24.0 Å². The highest BCUT2D eigenvalue weighted by atomic mass is 35.5. The van der Waals surface area contributed by atoms with Gasteiger partial charge < -0.3 is 15.0 Å². The van der Waals surface area contributed by atoms with Gasteiger partial charge in [-0.1, -0.05) is 23.7 Å². The molecule has 0 bridgehead atoms. The molecule has 2 aromatic rings. The van der Waals surface area contributed by atoms with E-state index in [9.17, 15) is 28.1 Å². The lowest BCUT2D eigenvalue weighted by Gasteiger charge is -2.32. The molecule has 36 heavy (non-hydrogen) atoms. The largest absolute Gasteiger partial charge is 0.495 e. The van der Waals surface area contributed by atoms with Crippen LogP contribution < -0.4 is 14.4 Å². The number of benzene rings is 2. The number of hydrogen-bond donors (Lipinski definition) is 1. The Morgan fingerprint density at radius 1 is 1.14 bits per heavy atom. The number of halogens is 1. The van der Waals surface area contributed by atoms with Crippen molar-refractivity contribution in [2.45, 2.75) is 39.4 Å². The van der Waals surface area contributed by atoms with Gasteiger partial charge in [0.2, 0.25) is 21.8 Å². The molecule has 13 heteroatoms. The van der Waals surface area contributed by atoms with E-state index in [1.165, 1.54) is 25.0 Å². The highest BCUT2D eigenvalue weighted by molar-refractivity contribution is 7.92. The zero-order valence-corrected chi connectivity index (χ0v) is 22.2. The van der Waals surface area contributed by atoms with Crippen LogP contribution in [0.15, 0.2) is 42.5 Å². The van der Waals surface area contributed by atoms with E-state index >= 15 is 0 Å². The summed E-state index contributed by atoms with van der Waals surface area (Å²) in [5.74, 6) is -1.10. The quantitative estimate of drug-likeness (QED) is 0.341. The second-order valence-corrected chi connectivity index (χ2v) is 10.7. The van der Waals surface area contributed by atoms with Crippen LogP contribution in [0, 0.1) is 10.1 Å². The van der Waals surface area contributed by atoms with E-state index in [0.717, 1.165) is 22.7 Å². The van der Waals surface area contributed by atoms with Gasteiger partial charge in [0.1, 0.15) is 24.0 Å². The van der Waals surface area contributed by atoms with Gasteiger partial charge in [-0.05, 0) is 44.5 Å². The van der Waals surface area contributed by atoms with Crippen molar-refractivity contribution >= 4 is 44.8 Å². The Hall–Kier alpha value is -3.38. The topological polar surface area (TPSA) is 139 Å². The molecule has 0 aliphatic carbocycles. The molecular weight excluding hydrogens is 512 g/mol. The molecule has 0 aliphatic heterocycles. The first kappa shape index (κ1) is 28.9. The maximum Gasteiger partial charge on any atom is 0.271 e. The molecule has 2 aromatic carbocycles. The molecule has 0 heterocycles. The highest BCUT2D eigenvalue weighted by Gasteiger charge is 2.32. The second-order valence-electron chi connectivity index (χ2n) is 8.37. The summed E-state index contributed by atoms with van der Waals surface area (Å²) in [4.78, 5) is 38.2. The summed E-state index contributed by atoms with van der Waals surface area (Å²) in [5, 5.41) is 14.5. The Morgan fingerprint density at radius 3 is 2.25 bits per heavy atom. The first-order valence-electron chi connectivity index (χ1n) is 10.9. The number of anilines is 1. The van der Waals surface area contributed by atoms with Gasteiger partial charge in [0.25, 0.3) is 5.69 Å². The number of nitrogens with zero attached hydrogens (tertiary/aromatic N) is 3. The number of hydrogen-bond acceptors (Lipinski definition) is 7.